The van der Waals surface area contributed by atoms with Crippen molar-refractivity contribution < 1.29 is 28.6 Å². The van der Waals surface area contributed by atoms with Crippen LogP contribution in [0.4, 0.5) is 0 Å². The average molecular weight is 877 g/mol. The largest absolute Gasteiger partial charge is 0.462 e. The number of nitrogens with zero attached hydrogens (tertiary/aromatic N) is 4. The van der Waals surface area contributed by atoms with E-state index in [9.17, 15) is 14.4 Å². The lowest BCUT2D eigenvalue weighted by Crippen LogP contribution is -2.09. The van der Waals surface area contributed by atoms with Crippen molar-refractivity contribution in [1.82, 2.24) is 19.9 Å². The highest BCUT2D eigenvalue weighted by molar-refractivity contribution is 5.94. The number of carbonyl (C=O) groups is 3. The molecule has 0 aliphatic carbocycles. The van der Waals surface area contributed by atoms with Gasteiger partial charge in [0.15, 0.2) is 0 Å². The van der Waals surface area contributed by atoms with E-state index in [1.807, 2.05) is 6.20 Å². The zero-order valence-corrected chi connectivity index (χ0v) is 39.8. The number of esters is 3. The molecule has 0 amide bonds. The Bertz CT molecular complexity index is 1980. The second-order valence-electron chi connectivity index (χ2n) is 17.0. The molecule has 10 nitrogen and oxygen atoms in total. The van der Waals surface area contributed by atoms with Crippen LogP contribution in [0.1, 0.15) is 218 Å². The molecule has 64 heavy (non-hydrogen) atoms. The van der Waals surface area contributed by atoms with E-state index in [-0.39, 0.29) is 30.9 Å². The molecule has 0 radical (unpaired) electrons. The average Bonchev–Trinajstić information content (AvgIpc) is 3.32. The van der Waals surface area contributed by atoms with Gasteiger partial charge < -0.3 is 14.2 Å². The molecule has 0 unspecified atom stereocenters. The molecule has 0 aromatic carbocycles. The second-order valence-corrected chi connectivity index (χ2v) is 17.0. The first-order valence-corrected chi connectivity index (χ1v) is 24.8. The molecule has 4 aromatic heterocycles. The minimum absolute atomic E-state index is 0.171. The van der Waals surface area contributed by atoms with E-state index < -0.39 is 17.9 Å². The summed E-state index contributed by atoms with van der Waals surface area (Å²) < 4.78 is 16.1. The Morgan fingerprint density at radius 1 is 0.406 bits per heavy atom. The predicted molar refractivity (Wildman–Crippen MR) is 257 cm³/mol. The van der Waals surface area contributed by atoms with Gasteiger partial charge in [0.2, 0.25) is 0 Å². The second kappa shape index (κ2) is 30.2. The Morgan fingerprint density at radius 2 is 0.734 bits per heavy atom. The van der Waals surface area contributed by atoms with Gasteiger partial charge in [0, 0.05) is 12.4 Å². The van der Waals surface area contributed by atoms with Crippen LogP contribution in [0.2, 0.25) is 0 Å². The van der Waals surface area contributed by atoms with Crippen molar-refractivity contribution in [3.05, 3.63) is 83.2 Å². The van der Waals surface area contributed by atoms with Gasteiger partial charge in [-0.1, -0.05) is 142 Å². The molecule has 0 bridgehead atoms. The van der Waals surface area contributed by atoms with Crippen LogP contribution in [0.15, 0.2) is 60.9 Å². The van der Waals surface area contributed by atoms with Gasteiger partial charge in [0.1, 0.15) is 0 Å². The number of hydrogen-bond donors (Lipinski definition) is 0. The molecule has 4 aromatic rings. The number of aromatic nitrogens is 4. The molecule has 0 fully saturated rings. The Balaban J connectivity index is 1.64. The van der Waals surface area contributed by atoms with E-state index in [2.05, 4.69) is 31.0 Å². The first-order valence-electron chi connectivity index (χ1n) is 24.8. The molecule has 0 atom stereocenters. The smallest absolute Gasteiger partial charge is 0.338 e. The SMILES string of the molecule is CCCCCCCCCCCCC(CCCCCCCCCCCC)c1ccnc(-c2cc(C(=O)OCC)cc(-c3cc(C(=O)OCC)cc(-c4cc(C(=O)OCC)ccn4)n3)n2)c1. The highest BCUT2D eigenvalue weighted by Crippen LogP contribution is 2.33. The van der Waals surface area contributed by atoms with Crippen LogP contribution in [0, 0.1) is 0 Å². The van der Waals surface area contributed by atoms with Gasteiger partial charge in [-0.05, 0) is 93.6 Å². The zero-order chi connectivity index (χ0) is 45.8. The summed E-state index contributed by atoms with van der Waals surface area (Å²) in [5.74, 6) is -1.17. The normalized spacial score (nSPS) is 11.2. The van der Waals surface area contributed by atoms with E-state index in [0.717, 1.165) is 12.8 Å². The van der Waals surface area contributed by atoms with Gasteiger partial charge in [-0.15, -0.1) is 0 Å². The summed E-state index contributed by atoms with van der Waals surface area (Å²) in [6.07, 6.45) is 31.8. The predicted octanol–water partition coefficient (Wildman–Crippen LogP) is 14.5. The lowest BCUT2D eigenvalue weighted by atomic mass is 9.88. The Hall–Kier alpha value is -4.99. The first kappa shape index (κ1) is 51.6. The third-order valence-electron chi connectivity index (χ3n) is 11.8. The minimum atomic E-state index is -0.555. The highest BCUT2D eigenvalue weighted by Gasteiger charge is 2.21. The van der Waals surface area contributed by atoms with Crippen molar-refractivity contribution in [1.29, 1.82) is 0 Å². The molecule has 0 aliphatic rings. The van der Waals surface area contributed by atoms with Crippen molar-refractivity contribution >= 4 is 17.9 Å². The fourth-order valence-electron chi connectivity index (χ4n) is 8.24. The lowest BCUT2D eigenvalue weighted by molar-refractivity contribution is 0.0516. The summed E-state index contributed by atoms with van der Waals surface area (Å²) in [5.41, 5.74) is 4.50. The highest BCUT2D eigenvalue weighted by atomic mass is 16.5. The van der Waals surface area contributed by atoms with Crippen molar-refractivity contribution in [3.8, 4) is 34.2 Å². The standard InChI is InChI=1S/C54H76N4O6/c1-6-11-13-15-17-19-21-23-25-27-29-41(30-28-26-24-22-20-18-16-14-12-7-2)42-31-33-55-46(35-42)48-37-44(53(60)63-9-4)39-50(57-48)51-40-45(54(61)64-10-5)38-49(58-51)47-36-43(32-34-56-47)52(59)62-8-3/h31-41H,6-30H2,1-5H3. The van der Waals surface area contributed by atoms with Gasteiger partial charge in [0.05, 0.1) is 70.7 Å². The first-order chi connectivity index (χ1) is 31.3. The lowest BCUT2D eigenvalue weighted by Gasteiger charge is -2.19. The van der Waals surface area contributed by atoms with Crippen LogP contribution in [0.25, 0.3) is 34.2 Å². The Kier molecular flexibility index (Phi) is 24.4. The van der Waals surface area contributed by atoms with Gasteiger partial charge in [-0.25, -0.2) is 24.4 Å². The van der Waals surface area contributed by atoms with E-state index in [1.165, 1.54) is 140 Å². The van der Waals surface area contributed by atoms with Gasteiger partial charge in [-0.2, -0.15) is 0 Å². The molecule has 4 rings (SSSR count). The topological polar surface area (TPSA) is 130 Å². The summed E-state index contributed by atoms with van der Waals surface area (Å²) in [6.45, 7) is 10.4. The van der Waals surface area contributed by atoms with E-state index in [1.54, 1.807) is 57.2 Å². The van der Waals surface area contributed by atoms with Crippen LogP contribution >= 0.6 is 0 Å². The van der Waals surface area contributed by atoms with Gasteiger partial charge in [-0.3, -0.25) is 9.97 Å². The van der Waals surface area contributed by atoms with Crippen LogP contribution < -0.4 is 0 Å². The van der Waals surface area contributed by atoms with Crippen molar-refractivity contribution in [3.63, 3.8) is 0 Å². The van der Waals surface area contributed by atoms with E-state index in [4.69, 9.17) is 29.2 Å². The molecule has 0 N–H and O–H groups in total. The fourth-order valence-corrected chi connectivity index (χ4v) is 8.24. The number of hydrogen-bond acceptors (Lipinski definition) is 10. The van der Waals surface area contributed by atoms with Crippen molar-refractivity contribution in [2.24, 2.45) is 0 Å². The zero-order valence-electron chi connectivity index (χ0n) is 39.8. The number of unbranched alkanes of at least 4 members (excludes halogenated alkanes) is 18. The number of pyridine rings is 4. The summed E-state index contributed by atoms with van der Waals surface area (Å²) in [6, 6.07) is 13.9. The third-order valence-corrected chi connectivity index (χ3v) is 11.8. The third kappa shape index (κ3) is 17.9. The van der Waals surface area contributed by atoms with Crippen LogP contribution in [0.3, 0.4) is 0 Å². The monoisotopic (exact) mass is 877 g/mol. The van der Waals surface area contributed by atoms with Gasteiger partial charge >= 0.3 is 17.9 Å². The van der Waals surface area contributed by atoms with Crippen LogP contribution in [0.5, 0.6) is 0 Å². The number of carbonyl (C=O) groups excluding carboxylic acids is 3. The summed E-state index contributed by atoms with van der Waals surface area (Å²) >= 11 is 0. The molecule has 4 heterocycles. The molecule has 0 aliphatic heterocycles. The maximum atomic E-state index is 13.4. The van der Waals surface area contributed by atoms with E-state index in [0.29, 0.717) is 45.6 Å². The fraction of sp³-hybridized carbons (Fsp3) is 0.574. The summed E-state index contributed by atoms with van der Waals surface area (Å²) in [4.78, 5) is 58.5. The quantitative estimate of drug-likeness (QED) is 0.0265. The molecular formula is C54H76N4O6. The van der Waals surface area contributed by atoms with Crippen LogP contribution in [-0.2, 0) is 14.2 Å². The molecule has 10 heteroatoms. The maximum absolute atomic E-state index is 13.4. The van der Waals surface area contributed by atoms with Crippen molar-refractivity contribution in [2.45, 2.75) is 182 Å². The van der Waals surface area contributed by atoms with Crippen molar-refractivity contribution in [2.75, 3.05) is 19.8 Å². The summed E-state index contributed by atoms with van der Waals surface area (Å²) in [7, 11) is 0. The number of ether oxygens (including phenoxy) is 3. The number of rotatable bonds is 32. The van der Waals surface area contributed by atoms with Crippen LogP contribution in [-0.4, -0.2) is 57.7 Å². The molecule has 0 spiro atoms. The Labute approximate surface area is 384 Å². The molecule has 0 saturated heterocycles. The molecule has 0 saturated carbocycles. The van der Waals surface area contributed by atoms with E-state index >= 15 is 0 Å². The van der Waals surface area contributed by atoms with Gasteiger partial charge in [0.25, 0.3) is 0 Å². The molecular weight excluding hydrogens is 801 g/mol. The molecule has 348 valence electrons. The minimum Gasteiger partial charge on any atom is -0.462 e. The Morgan fingerprint density at radius 3 is 1.14 bits per heavy atom. The maximum Gasteiger partial charge on any atom is 0.338 e. The summed E-state index contributed by atoms with van der Waals surface area (Å²) in [5, 5.41) is 0.